The van der Waals surface area contributed by atoms with Gasteiger partial charge in [-0.3, -0.25) is 0 Å². The van der Waals surface area contributed by atoms with Crippen molar-refractivity contribution in [1.82, 2.24) is 0 Å². The van der Waals surface area contributed by atoms with Crippen LogP contribution in [0.4, 0.5) is 0 Å². The normalized spacial score (nSPS) is 31.9. The summed E-state index contributed by atoms with van der Waals surface area (Å²) >= 11 is 3.56. The lowest BCUT2D eigenvalue weighted by Gasteiger charge is -2.41. The van der Waals surface area contributed by atoms with E-state index in [9.17, 15) is 4.79 Å². The van der Waals surface area contributed by atoms with Crippen LogP contribution in [-0.4, -0.2) is 11.1 Å². The fourth-order valence-electron chi connectivity index (χ4n) is 4.54. The Kier molecular flexibility index (Phi) is 5.70. The quantitative estimate of drug-likeness (QED) is 0.622. The van der Waals surface area contributed by atoms with E-state index in [0.29, 0.717) is 11.0 Å². The largest absolute Gasteiger partial charge is 0.478 e. The molecule has 0 aliphatic heterocycles. The van der Waals surface area contributed by atoms with Crippen LogP contribution in [0.15, 0.2) is 22.7 Å². The first-order valence-electron chi connectivity index (χ1n) is 8.21. The minimum Gasteiger partial charge on any atom is -0.478 e. The molecule has 2 nitrogen and oxygen atoms in total. The first kappa shape index (κ1) is 16.8. The van der Waals surface area contributed by atoms with Crippen LogP contribution in [0.2, 0.25) is 0 Å². The number of carboxylic acid groups (broad SMARTS) is 1. The van der Waals surface area contributed by atoms with Crippen LogP contribution in [0.25, 0.3) is 0 Å². The third-order valence-electron chi connectivity index (χ3n) is 5.82. The number of hydrogen-bond donors (Lipinski definition) is 1. The Morgan fingerprint density at radius 3 is 2.90 bits per heavy atom. The van der Waals surface area contributed by atoms with Crippen molar-refractivity contribution >= 4 is 21.9 Å². The number of allylic oxidation sites excluding steroid dienone is 1. The van der Waals surface area contributed by atoms with E-state index in [0.717, 1.165) is 18.8 Å². The highest BCUT2D eigenvalue weighted by molar-refractivity contribution is 9.11. The Hall–Kier alpha value is -0.570. The molecule has 2 saturated carbocycles. The molecule has 2 rings (SSSR count). The molecule has 1 N–H and O–H groups in total. The van der Waals surface area contributed by atoms with Gasteiger partial charge in [-0.2, -0.15) is 0 Å². The molecule has 0 spiro atoms. The maximum atomic E-state index is 11.0. The number of aliphatic carboxylic acids is 1. The second-order valence-electron chi connectivity index (χ2n) is 6.97. The maximum Gasteiger partial charge on any atom is 0.331 e. The number of rotatable bonds is 6. The number of hydrogen-bond acceptors (Lipinski definition) is 1. The molecular weight excluding hydrogens is 328 g/mol. The summed E-state index contributed by atoms with van der Waals surface area (Å²) in [6.45, 7) is 5.69. The average molecular weight is 355 g/mol. The predicted octanol–water partition coefficient (Wildman–Crippen LogP) is 5.68. The van der Waals surface area contributed by atoms with Crippen LogP contribution in [0.5, 0.6) is 0 Å². The Morgan fingerprint density at radius 2 is 2.24 bits per heavy atom. The Labute approximate surface area is 136 Å². The van der Waals surface area contributed by atoms with Crippen molar-refractivity contribution in [3.8, 4) is 0 Å². The Bertz CT molecular complexity index is 440. The standard InChI is InChI=1S/C18H27BrO2/c1-13(14(2)17(20)21)6-3-9-18-10-4-7-15(12-19)16(18)8-5-11-18/h12-13,16H,2-11H2,1H3,(H,20,21)/b15-12+. The Morgan fingerprint density at radius 1 is 1.52 bits per heavy atom. The molecule has 0 aromatic heterocycles. The molecule has 118 valence electrons. The number of fused-ring (bicyclic) bond motifs is 1. The van der Waals surface area contributed by atoms with E-state index < -0.39 is 5.97 Å². The summed E-state index contributed by atoms with van der Waals surface area (Å²) in [6, 6.07) is 0. The molecule has 21 heavy (non-hydrogen) atoms. The van der Waals surface area contributed by atoms with Gasteiger partial charge in [-0.15, -0.1) is 0 Å². The molecule has 2 fully saturated rings. The summed E-state index contributed by atoms with van der Waals surface area (Å²) in [4.78, 5) is 13.1. The molecule has 0 amide bonds. The predicted molar refractivity (Wildman–Crippen MR) is 90.4 cm³/mol. The lowest BCUT2D eigenvalue weighted by molar-refractivity contribution is -0.133. The molecule has 0 radical (unpaired) electrons. The molecular formula is C18H27BrO2. The summed E-state index contributed by atoms with van der Waals surface area (Å²) < 4.78 is 0. The van der Waals surface area contributed by atoms with Gasteiger partial charge in [0.2, 0.25) is 0 Å². The summed E-state index contributed by atoms with van der Waals surface area (Å²) in [7, 11) is 0. The van der Waals surface area contributed by atoms with Crippen molar-refractivity contribution < 1.29 is 9.90 Å². The SMILES string of the molecule is C=C(C(=O)O)C(C)CCCC12CCC/C(=C\Br)C1CCC2. The summed E-state index contributed by atoms with van der Waals surface area (Å²) in [5.74, 6) is 0.0127. The van der Waals surface area contributed by atoms with E-state index in [1.807, 2.05) is 6.92 Å². The Balaban J connectivity index is 1.92. The number of carbonyl (C=O) groups is 1. The van der Waals surface area contributed by atoms with Crippen LogP contribution in [0, 0.1) is 17.3 Å². The van der Waals surface area contributed by atoms with E-state index in [1.165, 1.54) is 44.9 Å². The number of halogens is 1. The van der Waals surface area contributed by atoms with Gasteiger partial charge in [-0.25, -0.2) is 4.79 Å². The van der Waals surface area contributed by atoms with Crippen LogP contribution < -0.4 is 0 Å². The molecule has 0 saturated heterocycles. The van der Waals surface area contributed by atoms with Crippen molar-refractivity contribution in [2.24, 2.45) is 17.3 Å². The summed E-state index contributed by atoms with van der Waals surface area (Å²) in [5.41, 5.74) is 2.48. The van der Waals surface area contributed by atoms with Crippen LogP contribution in [-0.2, 0) is 4.79 Å². The van der Waals surface area contributed by atoms with Gasteiger partial charge in [0.25, 0.3) is 0 Å². The first-order valence-corrected chi connectivity index (χ1v) is 9.13. The van der Waals surface area contributed by atoms with Gasteiger partial charge in [0, 0.05) is 5.57 Å². The molecule has 0 bridgehead atoms. The molecule has 2 aliphatic rings. The third kappa shape index (κ3) is 3.61. The van der Waals surface area contributed by atoms with Crippen molar-refractivity contribution in [3.05, 3.63) is 22.7 Å². The van der Waals surface area contributed by atoms with E-state index in [4.69, 9.17) is 5.11 Å². The minimum absolute atomic E-state index is 0.0912. The van der Waals surface area contributed by atoms with Gasteiger partial charge in [0.1, 0.15) is 0 Å². The summed E-state index contributed by atoms with van der Waals surface area (Å²) in [6.07, 6.45) is 11.3. The molecule has 3 heteroatoms. The monoisotopic (exact) mass is 354 g/mol. The van der Waals surface area contributed by atoms with Gasteiger partial charge in [0.05, 0.1) is 0 Å². The highest BCUT2D eigenvalue weighted by Crippen LogP contribution is 2.57. The van der Waals surface area contributed by atoms with E-state index in [1.54, 1.807) is 5.57 Å². The highest BCUT2D eigenvalue weighted by Gasteiger charge is 2.45. The van der Waals surface area contributed by atoms with Crippen LogP contribution in [0.1, 0.15) is 64.7 Å². The van der Waals surface area contributed by atoms with Gasteiger partial charge < -0.3 is 5.11 Å². The molecule has 3 atom stereocenters. The smallest absolute Gasteiger partial charge is 0.331 e. The highest BCUT2D eigenvalue weighted by atomic mass is 79.9. The van der Waals surface area contributed by atoms with Crippen molar-refractivity contribution in [2.75, 3.05) is 0 Å². The van der Waals surface area contributed by atoms with E-state index in [-0.39, 0.29) is 5.92 Å². The van der Waals surface area contributed by atoms with E-state index in [2.05, 4.69) is 27.5 Å². The number of carboxylic acids is 1. The fourth-order valence-corrected chi connectivity index (χ4v) is 5.08. The van der Waals surface area contributed by atoms with Crippen molar-refractivity contribution in [3.63, 3.8) is 0 Å². The molecule has 2 aliphatic carbocycles. The lowest BCUT2D eigenvalue weighted by atomic mass is 9.64. The van der Waals surface area contributed by atoms with Crippen molar-refractivity contribution in [1.29, 1.82) is 0 Å². The molecule has 0 heterocycles. The zero-order chi connectivity index (χ0) is 15.5. The minimum atomic E-state index is -0.846. The van der Waals surface area contributed by atoms with E-state index >= 15 is 0 Å². The second kappa shape index (κ2) is 7.13. The van der Waals surface area contributed by atoms with Crippen molar-refractivity contribution in [2.45, 2.75) is 64.7 Å². The summed E-state index contributed by atoms with van der Waals surface area (Å²) in [5, 5.41) is 9.00. The van der Waals surface area contributed by atoms with Crippen LogP contribution >= 0.6 is 15.9 Å². The molecule has 0 aromatic rings. The van der Waals surface area contributed by atoms with Gasteiger partial charge in [-0.05, 0) is 67.2 Å². The third-order valence-corrected chi connectivity index (χ3v) is 6.40. The molecule has 3 unspecified atom stereocenters. The van der Waals surface area contributed by atoms with Crippen LogP contribution in [0.3, 0.4) is 0 Å². The van der Waals surface area contributed by atoms with Gasteiger partial charge in [-0.1, -0.05) is 47.8 Å². The fraction of sp³-hybridized carbons (Fsp3) is 0.722. The maximum absolute atomic E-state index is 11.0. The zero-order valence-corrected chi connectivity index (χ0v) is 14.6. The first-order chi connectivity index (χ1) is 10.00. The lowest BCUT2D eigenvalue weighted by Crippen LogP contribution is -2.30. The zero-order valence-electron chi connectivity index (χ0n) is 13.0. The topological polar surface area (TPSA) is 37.3 Å². The van der Waals surface area contributed by atoms with Gasteiger partial charge in [0.15, 0.2) is 0 Å². The average Bonchev–Trinajstić information content (AvgIpc) is 2.89. The molecule has 0 aromatic carbocycles. The van der Waals surface area contributed by atoms with Gasteiger partial charge >= 0.3 is 5.97 Å². The second-order valence-corrected chi connectivity index (χ2v) is 7.43.